The summed E-state index contributed by atoms with van der Waals surface area (Å²) < 4.78 is 2.15. The maximum Gasteiger partial charge on any atom is 0.0955 e. The van der Waals surface area contributed by atoms with Crippen molar-refractivity contribution in [1.82, 2.24) is 9.55 Å². The van der Waals surface area contributed by atoms with Crippen molar-refractivity contribution < 1.29 is 0 Å². The van der Waals surface area contributed by atoms with Gasteiger partial charge in [0.25, 0.3) is 0 Å². The van der Waals surface area contributed by atoms with Crippen LogP contribution in [0.25, 0.3) is 0 Å². The van der Waals surface area contributed by atoms with Crippen molar-refractivity contribution in [2.75, 3.05) is 0 Å². The van der Waals surface area contributed by atoms with Crippen LogP contribution in [0.5, 0.6) is 0 Å². The largest absolute Gasteiger partial charge is 0.324 e. The molecule has 0 saturated heterocycles. The van der Waals surface area contributed by atoms with E-state index in [-0.39, 0.29) is 5.37 Å². The third-order valence-electron chi connectivity index (χ3n) is 3.20. The molecule has 0 radical (unpaired) electrons. The SMILES string of the molecule is Clc1ccc(CC(Sc2ccccc2)n2ccnc2)cc1. The maximum atomic E-state index is 5.96. The topological polar surface area (TPSA) is 17.8 Å². The average molecular weight is 315 g/mol. The molecule has 1 heterocycles. The Kier molecular flexibility index (Phi) is 4.63. The standard InChI is InChI=1S/C17H15ClN2S/c18-15-8-6-14(7-9-15)12-17(20-11-10-19-13-20)21-16-4-2-1-3-5-16/h1-11,13,17H,12H2. The van der Waals surface area contributed by atoms with Crippen LogP contribution >= 0.6 is 23.4 Å². The molecule has 0 saturated carbocycles. The summed E-state index contributed by atoms with van der Waals surface area (Å²) in [5.41, 5.74) is 1.27. The number of imidazole rings is 1. The summed E-state index contributed by atoms with van der Waals surface area (Å²) in [7, 11) is 0. The van der Waals surface area contributed by atoms with E-state index in [0.717, 1.165) is 11.4 Å². The lowest BCUT2D eigenvalue weighted by Gasteiger charge is -2.18. The Morgan fingerprint density at radius 2 is 1.81 bits per heavy atom. The highest BCUT2D eigenvalue weighted by atomic mass is 35.5. The lowest BCUT2D eigenvalue weighted by Crippen LogP contribution is -2.06. The second-order valence-electron chi connectivity index (χ2n) is 4.73. The number of rotatable bonds is 5. The highest BCUT2D eigenvalue weighted by Crippen LogP contribution is 2.33. The molecule has 1 atom stereocenters. The first-order valence-electron chi connectivity index (χ1n) is 6.75. The molecule has 2 aromatic carbocycles. The van der Waals surface area contributed by atoms with Crippen LogP contribution in [0.1, 0.15) is 10.9 Å². The van der Waals surface area contributed by atoms with Crippen molar-refractivity contribution in [3.8, 4) is 0 Å². The average Bonchev–Trinajstić information content (AvgIpc) is 3.04. The number of thioether (sulfide) groups is 1. The van der Waals surface area contributed by atoms with E-state index in [1.807, 2.05) is 48.7 Å². The molecule has 0 N–H and O–H groups in total. The maximum absolute atomic E-state index is 5.96. The van der Waals surface area contributed by atoms with Crippen LogP contribution in [0, 0.1) is 0 Å². The molecule has 21 heavy (non-hydrogen) atoms. The first-order chi connectivity index (χ1) is 10.3. The third-order valence-corrected chi connectivity index (χ3v) is 4.67. The fraction of sp³-hybridized carbons (Fsp3) is 0.118. The van der Waals surface area contributed by atoms with E-state index in [0.29, 0.717) is 0 Å². The fourth-order valence-corrected chi connectivity index (χ4v) is 3.40. The molecule has 0 fully saturated rings. The molecule has 1 aromatic heterocycles. The Balaban J connectivity index is 1.81. The lowest BCUT2D eigenvalue weighted by molar-refractivity contribution is 0.674. The molecule has 0 aliphatic heterocycles. The highest BCUT2D eigenvalue weighted by Gasteiger charge is 2.13. The summed E-state index contributed by atoms with van der Waals surface area (Å²) in [6.45, 7) is 0. The molecular weight excluding hydrogens is 300 g/mol. The molecule has 0 aliphatic rings. The molecular formula is C17H15ClN2S. The van der Waals surface area contributed by atoms with E-state index in [2.05, 4.69) is 45.9 Å². The van der Waals surface area contributed by atoms with Crippen LogP contribution < -0.4 is 0 Å². The van der Waals surface area contributed by atoms with Gasteiger partial charge in [0.1, 0.15) is 0 Å². The molecule has 0 spiro atoms. The summed E-state index contributed by atoms with van der Waals surface area (Å²) >= 11 is 7.79. The summed E-state index contributed by atoms with van der Waals surface area (Å²) in [5, 5.41) is 1.05. The first-order valence-corrected chi connectivity index (χ1v) is 8.00. The van der Waals surface area contributed by atoms with Crippen molar-refractivity contribution in [3.05, 3.63) is 83.9 Å². The van der Waals surface area contributed by atoms with E-state index in [9.17, 15) is 0 Å². The molecule has 0 bridgehead atoms. The molecule has 2 nitrogen and oxygen atoms in total. The molecule has 3 aromatic rings. The van der Waals surface area contributed by atoms with Crippen LogP contribution in [0.4, 0.5) is 0 Å². The van der Waals surface area contributed by atoms with Crippen molar-refractivity contribution >= 4 is 23.4 Å². The van der Waals surface area contributed by atoms with Gasteiger partial charge < -0.3 is 4.57 Å². The predicted octanol–water partition coefficient (Wildman–Crippen LogP) is 5.07. The van der Waals surface area contributed by atoms with Gasteiger partial charge >= 0.3 is 0 Å². The zero-order valence-corrected chi connectivity index (χ0v) is 13.0. The van der Waals surface area contributed by atoms with E-state index in [1.165, 1.54) is 10.5 Å². The monoisotopic (exact) mass is 314 g/mol. The van der Waals surface area contributed by atoms with Crippen LogP contribution in [0.15, 0.2) is 78.2 Å². The molecule has 0 amide bonds. The smallest absolute Gasteiger partial charge is 0.0955 e. The normalized spacial score (nSPS) is 12.2. The second-order valence-corrected chi connectivity index (χ2v) is 6.41. The number of nitrogens with zero attached hydrogens (tertiary/aromatic N) is 2. The van der Waals surface area contributed by atoms with Gasteiger partial charge in [-0.3, -0.25) is 0 Å². The number of hydrogen-bond donors (Lipinski definition) is 0. The van der Waals surface area contributed by atoms with Gasteiger partial charge in [0.15, 0.2) is 0 Å². The van der Waals surface area contributed by atoms with Gasteiger partial charge in [-0.15, -0.1) is 11.8 Å². The Bertz CT molecular complexity index is 666. The minimum atomic E-state index is 0.274. The van der Waals surface area contributed by atoms with Gasteiger partial charge in [-0.2, -0.15) is 0 Å². The Morgan fingerprint density at radius 1 is 1.05 bits per heavy atom. The molecule has 3 rings (SSSR count). The zero-order valence-electron chi connectivity index (χ0n) is 11.4. The predicted molar refractivity (Wildman–Crippen MR) is 88.7 cm³/mol. The number of benzene rings is 2. The quantitative estimate of drug-likeness (QED) is 0.612. The van der Waals surface area contributed by atoms with E-state index in [4.69, 9.17) is 11.6 Å². The summed E-state index contributed by atoms with van der Waals surface area (Å²) in [4.78, 5) is 5.42. The van der Waals surface area contributed by atoms with E-state index >= 15 is 0 Å². The summed E-state index contributed by atoms with van der Waals surface area (Å²) in [6.07, 6.45) is 6.63. The van der Waals surface area contributed by atoms with Gasteiger partial charge in [-0.25, -0.2) is 4.98 Å². The molecule has 0 aliphatic carbocycles. The molecule has 1 unspecified atom stereocenters. The molecule has 106 valence electrons. The first kappa shape index (κ1) is 14.2. The van der Waals surface area contributed by atoms with Gasteiger partial charge in [-0.05, 0) is 29.8 Å². The van der Waals surface area contributed by atoms with Crippen molar-refractivity contribution in [1.29, 1.82) is 0 Å². The minimum absolute atomic E-state index is 0.274. The second kappa shape index (κ2) is 6.83. The highest BCUT2D eigenvalue weighted by molar-refractivity contribution is 7.99. The van der Waals surface area contributed by atoms with E-state index in [1.54, 1.807) is 0 Å². The van der Waals surface area contributed by atoms with Crippen LogP contribution in [0.3, 0.4) is 0 Å². The third kappa shape index (κ3) is 3.90. The Labute approximate surface area is 133 Å². The fourth-order valence-electron chi connectivity index (χ4n) is 2.13. The van der Waals surface area contributed by atoms with Crippen LogP contribution in [-0.4, -0.2) is 9.55 Å². The summed E-state index contributed by atoms with van der Waals surface area (Å²) in [5.74, 6) is 0. The molecule has 4 heteroatoms. The van der Waals surface area contributed by atoms with Crippen LogP contribution in [0.2, 0.25) is 5.02 Å². The number of halogens is 1. The van der Waals surface area contributed by atoms with Crippen molar-refractivity contribution in [3.63, 3.8) is 0 Å². The van der Waals surface area contributed by atoms with Crippen molar-refractivity contribution in [2.24, 2.45) is 0 Å². The van der Waals surface area contributed by atoms with Gasteiger partial charge in [0.05, 0.1) is 11.7 Å². The van der Waals surface area contributed by atoms with E-state index < -0.39 is 0 Å². The van der Waals surface area contributed by atoms with Crippen LogP contribution in [-0.2, 0) is 6.42 Å². The van der Waals surface area contributed by atoms with Gasteiger partial charge in [0.2, 0.25) is 0 Å². The zero-order chi connectivity index (χ0) is 14.5. The lowest BCUT2D eigenvalue weighted by atomic mass is 10.1. The minimum Gasteiger partial charge on any atom is -0.324 e. The number of hydrogen-bond acceptors (Lipinski definition) is 2. The summed E-state index contributed by atoms with van der Waals surface area (Å²) in [6, 6.07) is 18.5. The van der Waals surface area contributed by atoms with Gasteiger partial charge in [0, 0.05) is 28.7 Å². The van der Waals surface area contributed by atoms with Crippen molar-refractivity contribution in [2.45, 2.75) is 16.7 Å². The Morgan fingerprint density at radius 3 is 2.48 bits per heavy atom. The Hall–Kier alpha value is -1.71. The van der Waals surface area contributed by atoms with Gasteiger partial charge in [-0.1, -0.05) is 41.9 Å². The number of aromatic nitrogens is 2.